The van der Waals surface area contributed by atoms with Gasteiger partial charge in [0, 0.05) is 24.0 Å². The Morgan fingerprint density at radius 1 is 0.970 bits per heavy atom. The Morgan fingerprint density at radius 3 is 2.30 bits per heavy atom. The van der Waals surface area contributed by atoms with Crippen molar-refractivity contribution in [2.45, 2.75) is 25.9 Å². The van der Waals surface area contributed by atoms with E-state index >= 15 is 0 Å². The van der Waals surface area contributed by atoms with Gasteiger partial charge in [0.2, 0.25) is 5.91 Å². The van der Waals surface area contributed by atoms with Crippen LogP contribution in [0.1, 0.15) is 18.1 Å². The number of carbonyl (C=O) groups is 2. The molecule has 3 rings (SSSR count). The molecule has 5 nitrogen and oxygen atoms in total. The van der Waals surface area contributed by atoms with E-state index in [4.69, 9.17) is 4.74 Å². The second kappa shape index (κ2) is 12.2. The number of halogens is 2. The molecule has 3 aromatic carbocycles. The molecule has 0 aliphatic carbocycles. The van der Waals surface area contributed by atoms with Gasteiger partial charge in [-0.05, 0) is 42.3 Å². The molecule has 0 aromatic heterocycles. The summed E-state index contributed by atoms with van der Waals surface area (Å²) in [6, 6.07) is 22.2. The fraction of sp³-hybridized carbons (Fsp3) is 0.231. The fourth-order valence-corrected chi connectivity index (χ4v) is 3.68. The quantitative estimate of drug-likeness (QED) is 0.426. The number of hydrogen-bond acceptors (Lipinski definition) is 3. The molecular formula is C26H26BrFN2O3. The van der Waals surface area contributed by atoms with Gasteiger partial charge in [-0.25, -0.2) is 4.39 Å². The minimum atomic E-state index is -0.757. The van der Waals surface area contributed by atoms with Crippen LogP contribution < -0.4 is 10.1 Å². The Morgan fingerprint density at radius 2 is 1.64 bits per heavy atom. The number of para-hydroxylation sites is 1. The van der Waals surface area contributed by atoms with Crippen LogP contribution in [0.25, 0.3) is 0 Å². The highest BCUT2D eigenvalue weighted by Gasteiger charge is 2.30. The molecule has 172 valence electrons. The zero-order valence-corrected chi connectivity index (χ0v) is 19.9. The maximum Gasteiger partial charge on any atom is 0.261 e. The van der Waals surface area contributed by atoms with Gasteiger partial charge in [-0.2, -0.15) is 0 Å². The highest BCUT2D eigenvalue weighted by atomic mass is 79.9. The summed E-state index contributed by atoms with van der Waals surface area (Å²) in [6.45, 7) is 2.10. The van der Waals surface area contributed by atoms with E-state index in [0.29, 0.717) is 13.0 Å². The largest absolute Gasteiger partial charge is 0.481 e. The normalized spacial score (nSPS) is 11.5. The molecule has 0 fully saturated rings. The smallest absolute Gasteiger partial charge is 0.261 e. The SMILES string of the molecule is CCNC(=O)[C@H](Cc1ccccc1)N(Cc1ccc(Br)cc1)C(=O)COc1ccccc1F. The van der Waals surface area contributed by atoms with Gasteiger partial charge in [0.15, 0.2) is 18.2 Å². The molecule has 1 atom stereocenters. The first-order valence-corrected chi connectivity index (χ1v) is 11.5. The summed E-state index contributed by atoms with van der Waals surface area (Å²) in [5.74, 6) is -1.22. The maximum absolute atomic E-state index is 14.0. The summed E-state index contributed by atoms with van der Waals surface area (Å²) >= 11 is 3.41. The van der Waals surface area contributed by atoms with Crippen LogP contribution in [-0.2, 0) is 22.6 Å². The highest BCUT2D eigenvalue weighted by Crippen LogP contribution is 2.19. The molecule has 0 heterocycles. The van der Waals surface area contributed by atoms with Gasteiger partial charge < -0.3 is 15.0 Å². The number of carbonyl (C=O) groups excluding carboxylic acids is 2. The van der Waals surface area contributed by atoms with Crippen LogP contribution >= 0.6 is 15.9 Å². The van der Waals surface area contributed by atoms with Crippen molar-refractivity contribution < 1.29 is 18.7 Å². The monoisotopic (exact) mass is 512 g/mol. The predicted molar refractivity (Wildman–Crippen MR) is 129 cm³/mol. The van der Waals surface area contributed by atoms with Crippen molar-refractivity contribution in [3.05, 3.63) is 100 Å². The lowest BCUT2D eigenvalue weighted by atomic mass is 10.0. The average Bonchev–Trinajstić information content (AvgIpc) is 2.82. The van der Waals surface area contributed by atoms with Gasteiger partial charge in [0.1, 0.15) is 6.04 Å². The molecule has 3 aromatic rings. The molecule has 1 N–H and O–H groups in total. The van der Waals surface area contributed by atoms with E-state index in [0.717, 1.165) is 15.6 Å². The zero-order valence-electron chi connectivity index (χ0n) is 18.3. The minimum absolute atomic E-state index is 0.00735. The molecule has 0 saturated heterocycles. The lowest BCUT2D eigenvalue weighted by Gasteiger charge is -2.31. The first-order valence-electron chi connectivity index (χ1n) is 10.7. The van der Waals surface area contributed by atoms with E-state index in [2.05, 4.69) is 21.2 Å². The summed E-state index contributed by atoms with van der Waals surface area (Å²) in [7, 11) is 0. The first kappa shape index (κ1) is 24.5. The molecule has 0 radical (unpaired) electrons. The van der Waals surface area contributed by atoms with Gasteiger partial charge in [-0.15, -0.1) is 0 Å². The van der Waals surface area contributed by atoms with Gasteiger partial charge >= 0.3 is 0 Å². The molecule has 7 heteroatoms. The van der Waals surface area contributed by atoms with Crippen LogP contribution in [0.3, 0.4) is 0 Å². The second-order valence-electron chi connectivity index (χ2n) is 7.47. The maximum atomic E-state index is 14.0. The van der Waals surface area contributed by atoms with Crippen molar-refractivity contribution in [3.63, 3.8) is 0 Å². The molecule has 0 bridgehead atoms. The van der Waals surface area contributed by atoms with Crippen molar-refractivity contribution in [3.8, 4) is 5.75 Å². The molecule has 0 saturated carbocycles. The Hall–Kier alpha value is -3.19. The number of rotatable bonds is 10. The molecule has 0 aliphatic rings. The first-order chi connectivity index (χ1) is 16.0. The van der Waals surface area contributed by atoms with Crippen molar-refractivity contribution in [2.75, 3.05) is 13.2 Å². The molecule has 0 spiro atoms. The van der Waals surface area contributed by atoms with Crippen LogP contribution in [-0.4, -0.2) is 35.9 Å². The van der Waals surface area contributed by atoms with Crippen LogP contribution in [0.15, 0.2) is 83.3 Å². The highest BCUT2D eigenvalue weighted by molar-refractivity contribution is 9.10. The fourth-order valence-electron chi connectivity index (χ4n) is 3.42. The lowest BCUT2D eigenvalue weighted by molar-refractivity contribution is -0.142. The Bertz CT molecular complexity index is 1060. The number of ether oxygens (including phenoxy) is 1. The van der Waals surface area contributed by atoms with Crippen molar-refractivity contribution >= 4 is 27.7 Å². The standard InChI is InChI=1S/C26H26BrFN2O3/c1-2-29-26(32)23(16-19-8-4-3-5-9-19)30(17-20-12-14-21(27)15-13-20)25(31)18-33-24-11-7-6-10-22(24)28/h3-15,23H,2,16-18H2,1H3,(H,29,32)/t23-/m0/s1. The third-order valence-electron chi connectivity index (χ3n) is 5.08. The van der Waals surface area contributed by atoms with Crippen LogP contribution in [0, 0.1) is 5.82 Å². The van der Waals surface area contributed by atoms with Gasteiger partial charge in [-0.3, -0.25) is 9.59 Å². The Labute approximate surface area is 201 Å². The number of hydrogen-bond donors (Lipinski definition) is 1. The van der Waals surface area contributed by atoms with Crippen LogP contribution in [0.4, 0.5) is 4.39 Å². The van der Waals surface area contributed by atoms with Crippen LogP contribution in [0.5, 0.6) is 5.75 Å². The number of nitrogens with zero attached hydrogens (tertiary/aromatic N) is 1. The summed E-state index contributed by atoms with van der Waals surface area (Å²) in [4.78, 5) is 27.9. The van der Waals surface area contributed by atoms with Crippen molar-refractivity contribution in [1.82, 2.24) is 10.2 Å². The second-order valence-corrected chi connectivity index (χ2v) is 8.38. The molecule has 0 unspecified atom stereocenters. The van der Waals surface area contributed by atoms with E-state index in [-0.39, 0.29) is 24.8 Å². The van der Waals surface area contributed by atoms with Crippen molar-refractivity contribution in [2.24, 2.45) is 0 Å². The molecule has 33 heavy (non-hydrogen) atoms. The van der Waals surface area contributed by atoms with E-state index in [1.165, 1.54) is 17.0 Å². The predicted octanol–water partition coefficient (Wildman–Crippen LogP) is 4.74. The van der Waals surface area contributed by atoms with E-state index in [1.54, 1.807) is 12.1 Å². The number of amides is 2. The third kappa shape index (κ3) is 7.15. The summed E-state index contributed by atoms with van der Waals surface area (Å²) in [6.07, 6.45) is 0.342. The number of nitrogens with one attached hydrogen (secondary N) is 1. The topological polar surface area (TPSA) is 58.6 Å². The molecule has 2 amide bonds. The summed E-state index contributed by atoms with van der Waals surface area (Å²) in [5, 5.41) is 2.84. The van der Waals surface area contributed by atoms with E-state index < -0.39 is 17.8 Å². The zero-order chi connectivity index (χ0) is 23.6. The average molecular weight is 513 g/mol. The number of likely N-dealkylation sites (N-methyl/N-ethyl adjacent to an activating group) is 1. The van der Waals surface area contributed by atoms with Gasteiger partial charge in [0.05, 0.1) is 0 Å². The molecular weight excluding hydrogens is 487 g/mol. The summed E-state index contributed by atoms with van der Waals surface area (Å²) < 4.78 is 20.4. The Kier molecular flexibility index (Phi) is 9.01. The summed E-state index contributed by atoms with van der Waals surface area (Å²) in [5.41, 5.74) is 1.79. The number of benzene rings is 3. The molecule has 0 aliphatic heterocycles. The van der Waals surface area contributed by atoms with Crippen molar-refractivity contribution in [1.29, 1.82) is 0 Å². The Balaban J connectivity index is 1.89. The minimum Gasteiger partial charge on any atom is -0.481 e. The van der Waals surface area contributed by atoms with E-state index in [1.807, 2.05) is 61.5 Å². The van der Waals surface area contributed by atoms with Gasteiger partial charge in [-0.1, -0.05) is 70.5 Å². The van der Waals surface area contributed by atoms with E-state index in [9.17, 15) is 14.0 Å². The van der Waals surface area contributed by atoms with Crippen LogP contribution in [0.2, 0.25) is 0 Å². The lowest BCUT2D eigenvalue weighted by Crippen LogP contribution is -2.51. The van der Waals surface area contributed by atoms with Gasteiger partial charge in [0.25, 0.3) is 5.91 Å². The third-order valence-corrected chi connectivity index (χ3v) is 5.60.